The van der Waals surface area contributed by atoms with Gasteiger partial charge in [-0.05, 0) is 77.0 Å². The lowest BCUT2D eigenvalue weighted by atomic mass is 9.98. The molecule has 5 heteroatoms. The Bertz CT molecular complexity index is 708. The molecular formula is C23H36O4S. The van der Waals surface area contributed by atoms with Crippen molar-refractivity contribution in [2.45, 2.75) is 95.8 Å². The molecule has 0 heterocycles. The second-order valence-electron chi connectivity index (χ2n) is 8.98. The van der Waals surface area contributed by atoms with Gasteiger partial charge < -0.3 is 4.74 Å². The molecule has 0 aliphatic heterocycles. The molecule has 2 rings (SSSR count). The quantitative estimate of drug-likeness (QED) is 0.494. The van der Waals surface area contributed by atoms with Crippen molar-refractivity contribution in [3.8, 4) is 5.75 Å². The number of ether oxygens (including phenoxy) is 1. The average molecular weight is 409 g/mol. The topological polar surface area (TPSA) is 60.4 Å². The molecule has 0 atom stereocenters. The molecule has 0 unspecified atom stereocenters. The van der Waals surface area contributed by atoms with Gasteiger partial charge in [0.2, 0.25) is 0 Å². The van der Waals surface area contributed by atoms with E-state index in [1.807, 2.05) is 24.3 Å². The summed E-state index contributed by atoms with van der Waals surface area (Å²) >= 11 is 0. The predicted octanol–water partition coefficient (Wildman–Crippen LogP) is 5.28. The Balaban J connectivity index is 1.66. The fourth-order valence-corrected chi connectivity index (χ4v) is 4.67. The summed E-state index contributed by atoms with van der Waals surface area (Å²) in [5.74, 6) is 1.30. The van der Waals surface area contributed by atoms with E-state index in [0.717, 1.165) is 37.0 Å². The van der Waals surface area contributed by atoms with E-state index in [0.29, 0.717) is 25.4 Å². The minimum absolute atomic E-state index is 0.202. The van der Waals surface area contributed by atoms with Crippen LogP contribution in [0.2, 0.25) is 0 Å². The van der Waals surface area contributed by atoms with E-state index in [9.17, 15) is 13.2 Å². The van der Waals surface area contributed by atoms with Crippen LogP contribution in [0.5, 0.6) is 5.75 Å². The zero-order chi connectivity index (χ0) is 20.6. The Hall–Kier alpha value is -1.36. The molecule has 0 bridgehead atoms. The van der Waals surface area contributed by atoms with Gasteiger partial charge in [-0.15, -0.1) is 0 Å². The zero-order valence-electron chi connectivity index (χ0n) is 17.7. The lowest BCUT2D eigenvalue weighted by Gasteiger charge is -2.23. The predicted molar refractivity (Wildman–Crippen MR) is 115 cm³/mol. The number of benzene rings is 1. The number of carbonyl (C=O) groups excluding carboxylic acids is 1. The van der Waals surface area contributed by atoms with Crippen molar-refractivity contribution < 1.29 is 17.9 Å². The lowest BCUT2D eigenvalue weighted by molar-refractivity contribution is -0.118. The van der Waals surface area contributed by atoms with Crippen molar-refractivity contribution in [2.75, 3.05) is 5.75 Å². The van der Waals surface area contributed by atoms with Crippen molar-refractivity contribution in [1.82, 2.24) is 0 Å². The standard InChI is InChI=1S/C23H36O4S/c1-23(2,3)28(25,26)17-9-5-6-10-20(24)18-19-13-15-22(16-14-19)27-21-11-7-4-8-12-21/h13-16,21H,4-12,17-18H2,1-3H3. The number of hydrogen-bond donors (Lipinski definition) is 0. The Labute approximate surface area is 171 Å². The van der Waals surface area contributed by atoms with Crippen LogP contribution in [-0.4, -0.2) is 30.8 Å². The summed E-state index contributed by atoms with van der Waals surface area (Å²) in [7, 11) is -3.06. The van der Waals surface area contributed by atoms with E-state index < -0.39 is 14.6 Å². The minimum atomic E-state index is -3.06. The zero-order valence-corrected chi connectivity index (χ0v) is 18.5. The number of carbonyl (C=O) groups is 1. The van der Waals surface area contributed by atoms with Crippen LogP contribution in [0.25, 0.3) is 0 Å². The number of rotatable bonds is 10. The van der Waals surface area contributed by atoms with Gasteiger partial charge in [-0.1, -0.05) is 25.0 Å². The third-order valence-electron chi connectivity index (χ3n) is 5.48. The molecule has 0 radical (unpaired) electrons. The summed E-state index contributed by atoms with van der Waals surface area (Å²) in [6, 6.07) is 7.89. The molecular weight excluding hydrogens is 372 g/mol. The van der Waals surface area contributed by atoms with Crippen LogP contribution in [-0.2, 0) is 21.1 Å². The maximum absolute atomic E-state index is 12.2. The van der Waals surface area contributed by atoms with Gasteiger partial charge in [0.25, 0.3) is 0 Å². The van der Waals surface area contributed by atoms with Crippen LogP contribution in [0.3, 0.4) is 0 Å². The van der Waals surface area contributed by atoms with Crippen LogP contribution in [0, 0.1) is 0 Å². The second kappa shape index (κ2) is 10.4. The third-order valence-corrected chi connectivity index (χ3v) is 8.17. The Morgan fingerprint density at radius 3 is 2.25 bits per heavy atom. The number of unbranched alkanes of at least 4 members (excludes halogenated alkanes) is 2. The molecule has 28 heavy (non-hydrogen) atoms. The van der Waals surface area contributed by atoms with Crippen molar-refractivity contribution in [3.05, 3.63) is 29.8 Å². The average Bonchev–Trinajstić information content (AvgIpc) is 2.63. The molecule has 0 aromatic heterocycles. The first-order valence-corrected chi connectivity index (χ1v) is 12.3. The van der Waals surface area contributed by atoms with Crippen LogP contribution < -0.4 is 4.74 Å². The van der Waals surface area contributed by atoms with E-state index >= 15 is 0 Å². The van der Waals surface area contributed by atoms with Gasteiger partial charge in [-0.2, -0.15) is 0 Å². The van der Waals surface area contributed by atoms with Crippen LogP contribution in [0.15, 0.2) is 24.3 Å². The molecule has 1 aromatic rings. The summed E-state index contributed by atoms with van der Waals surface area (Å²) in [6.07, 6.45) is 9.51. The van der Waals surface area contributed by atoms with Gasteiger partial charge in [-0.25, -0.2) is 8.42 Å². The molecule has 1 aliphatic carbocycles. The first-order chi connectivity index (χ1) is 13.2. The summed E-state index contributed by atoms with van der Waals surface area (Å²) in [6.45, 7) is 5.20. The fourth-order valence-electron chi connectivity index (χ4n) is 3.47. The highest BCUT2D eigenvalue weighted by atomic mass is 32.2. The summed E-state index contributed by atoms with van der Waals surface area (Å²) in [5, 5.41) is 0. The maximum atomic E-state index is 12.2. The highest BCUT2D eigenvalue weighted by Crippen LogP contribution is 2.24. The molecule has 1 saturated carbocycles. The van der Waals surface area contributed by atoms with E-state index in [1.54, 1.807) is 20.8 Å². The Kier molecular flexibility index (Phi) is 8.54. The molecule has 4 nitrogen and oxygen atoms in total. The molecule has 1 aromatic carbocycles. The molecule has 1 aliphatic rings. The van der Waals surface area contributed by atoms with Crippen molar-refractivity contribution in [1.29, 1.82) is 0 Å². The van der Waals surface area contributed by atoms with E-state index in [4.69, 9.17) is 4.74 Å². The molecule has 0 spiro atoms. The Morgan fingerprint density at radius 1 is 1.00 bits per heavy atom. The number of hydrogen-bond acceptors (Lipinski definition) is 4. The van der Waals surface area contributed by atoms with Gasteiger partial charge >= 0.3 is 0 Å². The molecule has 1 fully saturated rings. The fraction of sp³-hybridized carbons (Fsp3) is 0.696. The van der Waals surface area contributed by atoms with E-state index in [-0.39, 0.29) is 11.5 Å². The summed E-state index contributed by atoms with van der Waals surface area (Å²) in [5.41, 5.74) is 1.01. The molecule has 158 valence electrons. The van der Waals surface area contributed by atoms with Gasteiger partial charge in [-0.3, -0.25) is 4.79 Å². The largest absolute Gasteiger partial charge is 0.490 e. The first kappa shape index (κ1) is 22.9. The van der Waals surface area contributed by atoms with E-state index in [2.05, 4.69) is 0 Å². The van der Waals surface area contributed by atoms with E-state index in [1.165, 1.54) is 19.3 Å². The third kappa shape index (κ3) is 7.57. The first-order valence-electron chi connectivity index (χ1n) is 10.7. The van der Waals surface area contributed by atoms with Crippen LogP contribution in [0.1, 0.15) is 84.1 Å². The number of sulfone groups is 1. The van der Waals surface area contributed by atoms with Crippen molar-refractivity contribution in [3.63, 3.8) is 0 Å². The van der Waals surface area contributed by atoms with Crippen molar-refractivity contribution in [2.24, 2.45) is 0 Å². The van der Waals surface area contributed by atoms with Crippen LogP contribution in [0.4, 0.5) is 0 Å². The molecule has 0 saturated heterocycles. The molecule has 0 amide bonds. The van der Waals surface area contributed by atoms with Crippen molar-refractivity contribution >= 4 is 15.6 Å². The van der Waals surface area contributed by atoms with Gasteiger partial charge in [0.15, 0.2) is 9.84 Å². The second-order valence-corrected chi connectivity index (χ2v) is 11.8. The Morgan fingerprint density at radius 2 is 1.64 bits per heavy atom. The van der Waals surface area contributed by atoms with Crippen LogP contribution >= 0.6 is 0 Å². The van der Waals surface area contributed by atoms with Gasteiger partial charge in [0, 0.05) is 12.8 Å². The van der Waals surface area contributed by atoms with Gasteiger partial charge in [0.1, 0.15) is 11.5 Å². The lowest BCUT2D eigenvalue weighted by Crippen LogP contribution is -2.30. The highest BCUT2D eigenvalue weighted by molar-refractivity contribution is 7.92. The normalized spacial score (nSPS) is 16.1. The summed E-state index contributed by atoms with van der Waals surface area (Å²) < 4.78 is 29.5. The SMILES string of the molecule is CC(C)(C)S(=O)(=O)CCCCCC(=O)Cc1ccc(OC2CCCCC2)cc1. The monoisotopic (exact) mass is 408 g/mol. The number of ketones is 1. The van der Waals surface area contributed by atoms with Gasteiger partial charge in [0.05, 0.1) is 16.6 Å². The summed E-state index contributed by atoms with van der Waals surface area (Å²) in [4.78, 5) is 12.2. The smallest absolute Gasteiger partial charge is 0.155 e. The highest BCUT2D eigenvalue weighted by Gasteiger charge is 2.27. The minimum Gasteiger partial charge on any atom is -0.490 e. The molecule has 0 N–H and O–H groups in total. The maximum Gasteiger partial charge on any atom is 0.155 e. The number of Topliss-reactive ketones (excluding diaryl/α,β-unsaturated/α-hetero) is 1.